The first-order valence-electron chi connectivity index (χ1n) is 4.92. The lowest BCUT2D eigenvalue weighted by Gasteiger charge is -2.17. The molecule has 5 nitrogen and oxygen atoms in total. The van der Waals surface area contributed by atoms with E-state index in [1.54, 1.807) is 12.1 Å². The van der Waals surface area contributed by atoms with Gasteiger partial charge >= 0.3 is 5.97 Å². The Bertz CT molecular complexity index is 500. The maximum absolute atomic E-state index is 11.7. The van der Waals surface area contributed by atoms with Crippen LogP contribution in [0, 0.1) is 0 Å². The Morgan fingerprint density at radius 1 is 1.59 bits per heavy atom. The summed E-state index contributed by atoms with van der Waals surface area (Å²) in [7, 11) is 1.46. The summed E-state index contributed by atoms with van der Waals surface area (Å²) < 4.78 is 5.13. The van der Waals surface area contributed by atoms with Crippen LogP contribution >= 0.6 is 11.6 Å². The number of aliphatic carboxylic acids is 1. The monoisotopic (exact) mass is 255 g/mol. The number of methoxy groups -OCH3 is 1. The quantitative estimate of drug-likeness (QED) is 0.885. The first kappa shape index (κ1) is 11.7. The van der Waals surface area contributed by atoms with Crippen molar-refractivity contribution in [2.45, 2.75) is 6.42 Å². The molecule has 1 N–H and O–H groups in total. The second-order valence-electron chi connectivity index (χ2n) is 3.63. The van der Waals surface area contributed by atoms with Gasteiger partial charge in [-0.15, -0.1) is 0 Å². The Balaban J connectivity index is 2.53. The maximum atomic E-state index is 11.7. The molecular weight excluding hydrogens is 246 g/mol. The molecule has 0 bridgehead atoms. The van der Waals surface area contributed by atoms with E-state index in [2.05, 4.69) is 0 Å². The van der Waals surface area contributed by atoms with Gasteiger partial charge in [-0.3, -0.25) is 14.5 Å². The minimum Gasteiger partial charge on any atom is -0.495 e. The van der Waals surface area contributed by atoms with Crippen LogP contribution in [0.25, 0.3) is 0 Å². The molecule has 0 fully saturated rings. The number of rotatable bonds is 3. The van der Waals surface area contributed by atoms with Crippen LogP contribution < -0.4 is 9.64 Å². The first-order chi connectivity index (χ1) is 8.04. The molecule has 0 aliphatic carbocycles. The zero-order chi connectivity index (χ0) is 12.6. The molecule has 0 aromatic heterocycles. The number of benzene rings is 1. The van der Waals surface area contributed by atoms with Gasteiger partial charge in [0.1, 0.15) is 12.3 Å². The zero-order valence-electron chi connectivity index (χ0n) is 9.07. The van der Waals surface area contributed by atoms with Crippen LogP contribution in [0.3, 0.4) is 0 Å². The molecule has 1 aliphatic rings. The molecule has 90 valence electrons. The fourth-order valence-corrected chi connectivity index (χ4v) is 2.11. The molecule has 0 saturated carbocycles. The Morgan fingerprint density at radius 3 is 2.88 bits per heavy atom. The Hall–Kier alpha value is -1.75. The standard InChI is InChI=1S/C11H10ClNO4/c1-17-8-3-2-7(12)6-4-9(14)13(11(6)8)5-10(15)16/h2-3H,4-5H2,1H3,(H,15,16). The lowest BCUT2D eigenvalue weighted by Crippen LogP contribution is -2.32. The minimum absolute atomic E-state index is 0.110. The van der Waals surface area contributed by atoms with Crippen molar-refractivity contribution in [2.75, 3.05) is 18.6 Å². The summed E-state index contributed by atoms with van der Waals surface area (Å²) in [6.07, 6.45) is 0.110. The van der Waals surface area contributed by atoms with E-state index < -0.39 is 5.97 Å². The van der Waals surface area contributed by atoms with Gasteiger partial charge < -0.3 is 9.84 Å². The Morgan fingerprint density at radius 2 is 2.29 bits per heavy atom. The second-order valence-corrected chi connectivity index (χ2v) is 4.03. The number of carbonyl (C=O) groups excluding carboxylic acids is 1. The molecule has 0 unspecified atom stereocenters. The zero-order valence-corrected chi connectivity index (χ0v) is 9.82. The third-order valence-electron chi connectivity index (χ3n) is 2.60. The maximum Gasteiger partial charge on any atom is 0.323 e. The van der Waals surface area contributed by atoms with Gasteiger partial charge in [0.05, 0.1) is 19.2 Å². The van der Waals surface area contributed by atoms with Gasteiger partial charge in [0.2, 0.25) is 5.91 Å². The van der Waals surface area contributed by atoms with Gasteiger partial charge in [0, 0.05) is 10.6 Å². The fraction of sp³-hybridized carbons (Fsp3) is 0.273. The average Bonchev–Trinajstić information content (AvgIpc) is 2.58. The SMILES string of the molecule is COc1ccc(Cl)c2c1N(CC(=O)O)C(=O)C2. The molecule has 6 heteroatoms. The molecule has 0 spiro atoms. The number of amides is 1. The van der Waals surface area contributed by atoms with Gasteiger partial charge in [-0.2, -0.15) is 0 Å². The van der Waals surface area contributed by atoms with Crippen molar-refractivity contribution in [3.8, 4) is 5.75 Å². The summed E-state index contributed by atoms with van der Waals surface area (Å²) >= 11 is 5.98. The van der Waals surface area contributed by atoms with E-state index in [0.29, 0.717) is 22.0 Å². The number of hydrogen-bond donors (Lipinski definition) is 1. The number of halogens is 1. The van der Waals surface area contributed by atoms with Gasteiger partial charge in [-0.05, 0) is 12.1 Å². The average molecular weight is 256 g/mol. The van der Waals surface area contributed by atoms with E-state index >= 15 is 0 Å². The summed E-state index contributed by atoms with van der Waals surface area (Å²) in [6.45, 7) is -0.386. The molecule has 1 amide bonds. The van der Waals surface area contributed by atoms with Gasteiger partial charge in [0.15, 0.2) is 0 Å². The summed E-state index contributed by atoms with van der Waals surface area (Å²) in [5.74, 6) is -0.904. The topological polar surface area (TPSA) is 66.8 Å². The number of nitrogens with zero attached hydrogens (tertiary/aromatic N) is 1. The van der Waals surface area contributed by atoms with E-state index in [0.717, 1.165) is 0 Å². The van der Waals surface area contributed by atoms with Crippen LogP contribution in [0.1, 0.15) is 5.56 Å². The van der Waals surface area contributed by atoms with Crippen molar-refractivity contribution >= 4 is 29.2 Å². The fourth-order valence-electron chi connectivity index (χ4n) is 1.89. The lowest BCUT2D eigenvalue weighted by molar-refractivity contribution is -0.136. The molecule has 1 aromatic carbocycles. The summed E-state index contributed by atoms with van der Waals surface area (Å²) in [6, 6.07) is 3.26. The predicted octanol–water partition coefficient (Wildman–Crippen LogP) is 1.32. The molecule has 2 rings (SSSR count). The first-order valence-corrected chi connectivity index (χ1v) is 5.30. The number of anilines is 1. The van der Waals surface area contributed by atoms with Crippen molar-refractivity contribution < 1.29 is 19.4 Å². The van der Waals surface area contributed by atoms with E-state index in [1.807, 2.05) is 0 Å². The number of ether oxygens (including phenoxy) is 1. The van der Waals surface area contributed by atoms with Crippen molar-refractivity contribution in [2.24, 2.45) is 0 Å². The van der Waals surface area contributed by atoms with Crippen LogP contribution in [0.5, 0.6) is 5.75 Å². The molecular formula is C11H10ClNO4. The van der Waals surface area contributed by atoms with Crippen LogP contribution in [-0.4, -0.2) is 30.6 Å². The van der Waals surface area contributed by atoms with Crippen LogP contribution in [0.15, 0.2) is 12.1 Å². The highest BCUT2D eigenvalue weighted by atomic mass is 35.5. The molecule has 1 heterocycles. The lowest BCUT2D eigenvalue weighted by atomic mass is 10.1. The highest BCUT2D eigenvalue weighted by molar-refractivity contribution is 6.32. The molecule has 1 aliphatic heterocycles. The third kappa shape index (κ3) is 1.93. The summed E-state index contributed by atoms with van der Waals surface area (Å²) in [4.78, 5) is 23.6. The van der Waals surface area contributed by atoms with Crippen LogP contribution in [0.4, 0.5) is 5.69 Å². The minimum atomic E-state index is -1.08. The van der Waals surface area contributed by atoms with Crippen LogP contribution in [-0.2, 0) is 16.0 Å². The summed E-state index contributed by atoms with van der Waals surface area (Å²) in [5.41, 5.74) is 1.09. The van der Waals surface area contributed by atoms with Crippen molar-refractivity contribution in [3.05, 3.63) is 22.7 Å². The number of hydrogen-bond acceptors (Lipinski definition) is 3. The van der Waals surface area contributed by atoms with Crippen molar-refractivity contribution in [3.63, 3.8) is 0 Å². The van der Waals surface area contributed by atoms with Crippen molar-refractivity contribution in [1.82, 2.24) is 0 Å². The second kappa shape index (κ2) is 4.25. The molecule has 0 atom stereocenters. The van der Waals surface area contributed by atoms with Gasteiger partial charge in [-0.25, -0.2) is 0 Å². The third-order valence-corrected chi connectivity index (χ3v) is 2.95. The summed E-state index contributed by atoms with van der Waals surface area (Å²) in [5, 5.41) is 9.23. The largest absolute Gasteiger partial charge is 0.495 e. The molecule has 1 aromatic rings. The smallest absolute Gasteiger partial charge is 0.323 e. The normalized spacial score (nSPS) is 13.8. The Labute approximate surface area is 103 Å². The number of fused-ring (bicyclic) bond motifs is 1. The number of carboxylic acid groups (broad SMARTS) is 1. The molecule has 0 saturated heterocycles. The van der Waals surface area contributed by atoms with E-state index in [-0.39, 0.29) is 18.9 Å². The van der Waals surface area contributed by atoms with Crippen molar-refractivity contribution in [1.29, 1.82) is 0 Å². The predicted molar refractivity (Wildman–Crippen MR) is 61.7 cm³/mol. The van der Waals surface area contributed by atoms with E-state index in [1.165, 1.54) is 12.0 Å². The number of carbonyl (C=O) groups is 2. The highest BCUT2D eigenvalue weighted by Crippen LogP contribution is 2.41. The van der Waals surface area contributed by atoms with Gasteiger partial charge in [0.25, 0.3) is 0 Å². The Kier molecular flexibility index (Phi) is 2.93. The molecule has 0 radical (unpaired) electrons. The van der Waals surface area contributed by atoms with E-state index in [4.69, 9.17) is 21.4 Å². The van der Waals surface area contributed by atoms with E-state index in [9.17, 15) is 9.59 Å². The highest BCUT2D eigenvalue weighted by Gasteiger charge is 2.33. The van der Waals surface area contributed by atoms with Crippen LogP contribution in [0.2, 0.25) is 5.02 Å². The molecule has 17 heavy (non-hydrogen) atoms. The number of carboxylic acids is 1. The van der Waals surface area contributed by atoms with Gasteiger partial charge in [-0.1, -0.05) is 11.6 Å².